The number of hydrogen-bond donors (Lipinski definition) is 4. The average Bonchev–Trinajstić information content (AvgIpc) is 4.19. The lowest BCUT2D eigenvalue weighted by Gasteiger charge is -2.26. The van der Waals surface area contributed by atoms with Gasteiger partial charge in [0.2, 0.25) is 5.91 Å². The van der Waals surface area contributed by atoms with E-state index in [9.17, 15) is 24.0 Å². The van der Waals surface area contributed by atoms with Gasteiger partial charge < -0.3 is 40.5 Å². The number of alkyl carbamates (subject to hydrolysis) is 1. The number of amides is 6. The predicted molar refractivity (Wildman–Crippen MR) is 225 cm³/mol. The number of carbonyl (C=O) groups excluding carboxylic acids is 5. The van der Waals surface area contributed by atoms with E-state index in [0.29, 0.717) is 73.5 Å². The second-order valence-corrected chi connectivity index (χ2v) is 16.1. The summed E-state index contributed by atoms with van der Waals surface area (Å²) in [6, 6.07) is 20.4. The minimum absolute atomic E-state index is 0.0572. The molecule has 3 aromatic carbocycles. The van der Waals surface area contributed by atoms with E-state index in [2.05, 4.69) is 38.3 Å². The standard InChI is InChI=1S/C45H57N7O7/c53-40(46-22-9-25-58-37-13-7-10-34(27-37)28-50-23-4-1-5-24-50)16-8-21-47-45(57)59-31-35-11-6-12-36(26-35)48-44(56)49-41-42(54)51(29-32-17-18-32)38-14-2-3-15-39(38)52(43(41)55)30-33-19-20-33/h2-3,6-7,10-15,26-27,32-33,41H,1,4-5,8-9,16-25,28-31H2,(H,46,53)(H,47,57)(H2,48,49,56). The molecule has 1 saturated heterocycles. The first-order valence-corrected chi connectivity index (χ1v) is 21.3. The van der Waals surface area contributed by atoms with Gasteiger partial charge in [-0.15, -0.1) is 0 Å². The van der Waals surface area contributed by atoms with Crippen LogP contribution in [0.4, 0.5) is 26.7 Å². The van der Waals surface area contributed by atoms with Gasteiger partial charge in [0.1, 0.15) is 12.4 Å². The smallest absolute Gasteiger partial charge is 0.407 e. The Labute approximate surface area is 346 Å². The van der Waals surface area contributed by atoms with E-state index in [4.69, 9.17) is 9.47 Å². The second kappa shape index (κ2) is 20.4. The van der Waals surface area contributed by atoms with Crippen LogP contribution in [0.5, 0.6) is 5.75 Å². The number of likely N-dealkylation sites (tertiary alicyclic amines) is 1. The van der Waals surface area contributed by atoms with Gasteiger partial charge in [-0.1, -0.05) is 42.8 Å². The monoisotopic (exact) mass is 807 g/mol. The Morgan fingerprint density at radius 2 is 1.37 bits per heavy atom. The molecule has 2 heterocycles. The Kier molecular flexibility index (Phi) is 14.3. The molecule has 0 atom stereocenters. The maximum Gasteiger partial charge on any atom is 0.407 e. The first kappa shape index (κ1) is 41.5. The van der Waals surface area contributed by atoms with E-state index in [0.717, 1.165) is 51.1 Å². The fraction of sp³-hybridized carbons (Fsp3) is 0.489. The zero-order chi connectivity index (χ0) is 41.0. The Bertz CT molecular complexity index is 1890. The zero-order valence-electron chi connectivity index (χ0n) is 33.8. The van der Waals surface area contributed by atoms with Gasteiger partial charge >= 0.3 is 12.1 Å². The summed E-state index contributed by atoms with van der Waals surface area (Å²) in [4.78, 5) is 71.8. The first-order chi connectivity index (χ1) is 28.8. The lowest BCUT2D eigenvalue weighted by Crippen LogP contribution is -2.56. The Balaban J connectivity index is 0.791. The van der Waals surface area contributed by atoms with Crippen molar-refractivity contribution in [2.45, 2.75) is 83.4 Å². The van der Waals surface area contributed by atoms with Gasteiger partial charge in [0, 0.05) is 44.8 Å². The van der Waals surface area contributed by atoms with Crippen molar-refractivity contribution < 1.29 is 33.4 Å². The van der Waals surface area contributed by atoms with E-state index in [1.807, 2.05) is 36.4 Å². The summed E-state index contributed by atoms with van der Waals surface area (Å²) in [6.45, 7) is 5.45. The topological polar surface area (TPSA) is 162 Å². The third-order valence-corrected chi connectivity index (χ3v) is 11.1. The molecule has 14 heteroatoms. The van der Waals surface area contributed by atoms with Gasteiger partial charge in [-0.25, -0.2) is 9.59 Å². The summed E-state index contributed by atoms with van der Waals surface area (Å²) < 4.78 is 11.3. The summed E-state index contributed by atoms with van der Waals surface area (Å²) in [5.41, 5.74) is 3.66. The molecule has 4 aliphatic rings. The highest BCUT2D eigenvalue weighted by molar-refractivity contribution is 6.21. The van der Waals surface area contributed by atoms with Crippen molar-refractivity contribution in [3.05, 3.63) is 83.9 Å². The Morgan fingerprint density at radius 3 is 2.07 bits per heavy atom. The van der Waals surface area contributed by atoms with Crippen molar-refractivity contribution >= 4 is 46.9 Å². The van der Waals surface area contributed by atoms with Crippen LogP contribution in [0, 0.1) is 11.8 Å². The van der Waals surface area contributed by atoms with Crippen LogP contribution in [0.3, 0.4) is 0 Å². The van der Waals surface area contributed by atoms with Crippen LogP contribution < -0.4 is 35.8 Å². The van der Waals surface area contributed by atoms with Crippen LogP contribution in [0.2, 0.25) is 0 Å². The number of carbonyl (C=O) groups is 5. The van der Waals surface area contributed by atoms with E-state index in [1.165, 1.54) is 24.8 Å². The molecule has 0 aromatic heterocycles. The average molecular weight is 808 g/mol. The number of fused-ring (bicyclic) bond motifs is 1. The normalized spacial score (nSPS) is 17.2. The number of hydrogen-bond acceptors (Lipinski definition) is 8. The number of piperidine rings is 1. The third-order valence-electron chi connectivity index (χ3n) is 11.1. The number of urea groups is 1. The van der Waals surface area contributed by atoms with Crippen LogP contribution in [0.15, 0.2) is 72.8 Å². The predicted octanol–water partition coefficient (Wildman–Crippen LogP) is 5.95. The van der Waals surface area contributed by atoms with E-state index in [-0.39, 0.29) is 25.5 Å². The fourth-order valence-corrected chi connectivity index (χ4v) is 7.56. The largest absolute Gasteiger partial charge is 0.494 e. The van der Waals surface area contributed by atoms with Crippen molar-refractivity contribution in [3.8, 4) is 5.75 Å². The van der Waals surface area contributed by atoms with Gasteiger partial charge in [-0.05, 0) is 124 Å². The van der Waals surface area contributed by atoms with Gasteiger partial charge in [-0.3, -0.25) is 19.3 Å². The lowest BCUT2D eigenvalue weighted by molar-refractivity contribution is -0.129. The van der Waals surface area contributed by atoms with E-state index < -0.39 is 30.0 Å². The van der Waals surface area contributed by atoms with Gasteiger partial charge in [0.15, 0.2) is 6.04 Å². The van der Waals surface area contributed by atoms with Crippen molar-refractivity contribution in [1.29, 1.82) is 0 Å². The molecule has 14 nitrogen and oxygen atoms in total. The van der Waals surface area contributed by atoms with Gasteiger partial charge in [0.05, 0.1) is 18.0 Å². The quantitative estimate of drug-likeness (QED) is 0.0854. The van der Waals surface area contributed by atoms with Crippen molar-refractivity contribution in [1.82, 2.24) is 20.9 Å². The van der Waals surface area contributed by atoms with Crippen LogP contribution in [0.1, 0.15) is 75.3 Å². The molecular weight excluding hydrogens is 751 g/mol. The van der Waals surface area contributed by atoms with Crippen LogP contribution >= 0.6 is 0 Å². The first-order valence-electron chi connectivity index (χ1n) is 21.3. The molecule has 2 aliphatic heterocycles. The maximum absolute atomic E-state index is 14.0. The summed E-state index contributed by atoms with van der Waals surface area (Å²) in [5, 5.41) is 11.0. The molecule has 314 valence electrons. The molecule has 3 aromatic rings. The SMILES string of the molecule is O=C(CCCNC(=O)OCc1cccc(NC(=O)NC2C(=O)N(CC3CC3)c3ccccc3N(CC3CC3)C2=O)c1)NCCCOc1cccc(CN2CCCCC2)c1. The van der Waals surface area contributed by atoms with Crippen LogP contribution in [-0.2, 0) is 32.3 Å². The number of ether oxygens (including phenoxy) is 2. The van der Waals surface area contributed by atoms with Gasteiger partial charge in [0.25, 0.3) is 11.8 Å². The number of para-hydroxylation sites is 2. The number of rotatable bonds is 19. The molecule has 59 heavy (non-hydrogen) atoms. The summed E-state index contributed by atoms with van der Waals surface area (Å²) >= 11 is 0. The minimum atomic E-state index is -1.39. The number of nitrogens with one attached hydrogen (secondary N) is 4. The molecule has 7 rings (SSSR count). The summed E-state index contributed by atoms with van der Waals surface area (Å²) in [6.07, 6.45) is 8.71. The maximum atomic E-state index is 14.0. The Hall–Kier alpha value is -5.63. The van der Waals surface area contributed by atoms with Crippen molar-refractivity contribution in [2.75, 3.05) is 61.0 Å². The molecule has 0 radical (unpaired) electrons. The molecular formula is C45H57N7O7. The fourth-order valence-electron chi connectivity index (χ4n) is 7.56. The number of anilines is 3. The number of nitrogens with zero attached hydrogens (tertiary/aromatic N) is 3. The molecule has 2 saturated carbocycles. The highest BCUT2D eigenvalue weighted by Crippen LogP contribution is 2.40. The van der Waals surface area contributed by atoms with Gasteiger partial charge in [-0.2, -0.15) is 0 Å². The highest BCUT2D eigenvalue weighted by Gasteiger charge is 2.44. The van der Waals surface area contributed by atoms with Crippen molar-refractivity contribution in [2.24, 2.45) is 11.8 Å². The molecule has 4 N–H and O–H groups in total. The lowest BCUT2D eigenvalue weighted by atomic mass is 10.1. The molecule has 2 aliphatic carbocycles. The third kappa shape index (κ3) is 12.4. The second-order valence-electron chi connectivity index (χ2n) is 16.1. The molecule has 6 amide bonds. The molecule has 0 spiro atoms. The van der Waals surface area contributed by atoms with E-state index >= 15 is 0 Å². The number of benzene rings is 3. The minimum Gasteiger partial charge on any atom is -0.494 e. The molecule has 0 unspecified atom stereocenters. The zero-order valence-corrected chi connectivity index (χ0v) is 33.8. The van der Waals surface area contributed by atoms with Crippen LogP contribution in [0.25, 0.3) is 0 Å². The Morgan fingerprint density at radius 1 is 0.712 bits per heavy atom. The molecule has 0 bridgehead atoms. The summed E-state index contributed by atoms with van der Waals surface area (Å²) in [5.74, 6) is 0.596. The highest BCUT2D eigenvalue weighted by atomic mass is 16.5. The molecule has 3 fully saturated rings. The summed E-state index contributed by atoms with van der Waals surface area (Å²) in [7, 11) is 0. The van der Waals surface area contributed by atoms with Crippen molar-refractivity contribution in [3.63, 3.8) is 0 Å². The van der Waals surface area contributed by atoms with Crippen LogP contribution in [-0.4, -0.2) is 86.7 Å². The van der Waals surface area contributed by atoms with E-state index in [1.54, 1.807) is 34.1 Å².